The fourth-order valence-corrected chi connectivity index (χ4v) is 2.32. The van der Waals surface area contributed by atoms with E-state index in [2.05, 4.69) is 14.8 Å². The van der Waals surface area contributed by atoms with Crippen LogP contribution in [0.1, 0.15) is 25.7 Å². The van der Waals surface area contributed by atoms with Crippen LogP contribution in [0.25, 0.3) is 0 Å². The minimum absolute atomic E-state index is 0. The summed E-state index contributed by atoms with van der Waals surface area (Å²) in [7, 11) is 1.92. The molecule has 2 fully saturated rings. The molecule has 0 atom stereocenters. The Morgan fingerprint density at radius 2 is 1.21 bits per heavy atom. The third kappa shape index (κ3) is 2.52. The summed E-state index contributed by atoms with van der Waals surface area (Å²) in [5, 5.41) is 0. The van der Waals surface area contributed by atoms with Gasteiger partial charge < -0.3 is 9.80 Å². The number of rotatable bonds is 0. The molecule has 0 radical (unpaired) electrons. The first-order valence-corrected chi connectivity index (χ1v) is 5.38. The van der Waals surface area contributed by atoms with Crippen LogP contribution in [-0.4, -0.2) is 49.0 Å². The van der Waals surface area contributed by atoms with Crippen molar-refractivity contribution in [1.29, 1.82) is 0 Å². The van der Waals surface area contributed by atoms with Crippen molar-refractivity contribution in [2.24, 2.45) is 4.99 Å². The molecule has 14 heavy (non-hydrogen) atoms. The van der Waals surface area contributed by atoms with Crippen molar-refractivity contribution in [3.8, 4) is 0 Å². The largest absolute Gasteiger partial charge is 0.343 e. The SMILES string of the molecule is CN=C(N1CCCC1)N1CCCC1.I. The highest BCUT2D eigenvalue weighted by atomic mass is 127. The average Bonchev–Trinajstić information content (AvgIpc) is 2.76. The molecule has 4 heteroatoms. The van der Waals surface area contributed by atoms with E-state index >= 15 is 0 Å². The Hall–Kier alpha value is 0. The molecule has 0 aromatic rings. The zero-order chi connectivity index (χ0) is 9.10. The maximum absolute atomic E-state index is 4.42. The predicted molar refractivity (Wildman–Crippen MR) is 70.4 cm³/mol. The van der Waals surface area contributed by atoms with Gasteiger partial charge in [0.15, 0.2) is 5.96 Å². The first-order chi connectivity index (χ1) is 6.42. The first kappa shape index (κ1) is 12.1. The lowest BCUT2D eigenvalue weighted by Gasteiger charge is -2.27. The molecular formula is C10H20IN3. The molecule has 0 saturated carbocycles. The van der Waals surface area contributed by atoms with Gasteiger partial charge in [0.1, 0.15) is 0 Å². The molecule has 0 unspecified atom stereocenters. The van der Waals surface area contributed by atoms with Gasteiger partial charge in [-0.1, -0.05) is 0 Å². The zero-order valence-corrected chi connectivity index (χ0v) is 11.2. The second-order valence-corrected chi connectivity index (χ2v) is 3.91. The van der Waals surface area contributed by atoms with E-state index in [0.717, 1.165) is 0 Å². The van der Waals surface area contributed by atoms with Gasteiger partial charge in [-0.05, 0) is 25.7 Å². The van der Waals surface area contributed by atoms with E-state index in [1.165, 1.54) is 57.8 Å². The molecule has 3 nitrogen and oxygen atoms in total. The third-order valence-corrected chi connectivity index (χ3v) is 2.98. The summed E-state index contributed by atoms with van der Waals surface area (Å²) >= 11 is 0. The standard InChI is InChI=1S/C10H19N3.HI/c1-11-10(12-6-2-3-7-12)13-8-4-5-9-13;/h2-9H2,1H3;1H. The third-order valence-electron chi connectivity index (χ3n) is 2.98. The van der Waals surface area contributed by atoms with Crippen LogP contribution in [0.15, 0.2) is 4.99 Å². The van der Waals surface area contributed by atoms with Gasteiger partial charge in [0.25, 0.3) is 0 Å². The Kier molecular flexibility index (Phi) is 4.98. The molecule has 2 rings (SSSR count). The van der Waals surface area contributed by atoms with E-state index in [0.29, 0.717) is 0 Å². The second-order valence-electron chi connectivity index (χ2n) is 3.91. The van der Waals surface area contributed by atoms with E-state index in [1.807, 2.05) is 7.05 Å². The van der Waals surface area contributed by atoms with Gasteiger partial charge in [-0.15, -0.1) is 24.0 Å². The second kappa shape index (κ2) is 5.78. The Labute approximate surface area is 104 Å². The number of guanidine groups is 1. The summed E-state index contributed by atoms with van der Waals surface area (Å²) in [6.45, 7) is 4.85. The van der Waals surface area contributed by atoms with Crippen LogP contribution in [0.4, 0.5) is 0 Å². The lowest BCUT2D eigenvalue weighted by Crippen LogP contribution is -2.41. The maximum atomic E-state index is 4.42. The fraction of sp³-hybridized carbons (Fsp3) is 0.900. The Morgan fingerprint density at radius 3 is 1.50 bits per heavy atom. The molecule has 0 amide bonds. The number of hydrogen-bond donors (Lipinski definition) is 0. The van der Waals surface area contributed by atoms with Crippen LogP contribution in [0.2, 0.25) is 0 Å². The minimum atomic E-state index is 0. The molecule has 2 aliphatic rings. The summed E-state index contributed by atoms with van der Waals surface area (Å²) in [5.74, 6) is 1.25. The van der Waals surface area contributed by atoms with Gasteiger partial charge in [0.05, 0.1) is 0 Å². The van der Waals surface area contributed by atoms with E-state index in [-0.39, 0.29) is 24.0 Å². The first-order valence-electron chi connectivity index (χ1n) is 5.38. The van der Waals surface area contributed by atoms with Crippen molar-refractivity contribution in [2.75, 3.05) is 33.2 Å². The molecule has 0 spiro atoms. The highest BCUT2D eigenvalue weighted by Crippen LogP contribution is 2.15. The van der Waals surface area contributed by atoms with Crippen molar-refractivity contribution in [3.63, 3.8) is 0 Å². The van der Waals surface area contributed by atoms with Gasteiger partial charge in [-0.25, -0.2) is 0 Å². The quantitative estimate of drug-likeness (QED) is 0.386. The average molecular weight is 309 g/mol. The Bertz CT molecular complexity index is 176. The van der Waals surface area contributed by atoms with Gasteiger partial charge in [-0.3, -0.25) is 4.99 Å². The van der Waals surface area contributed by atoms with Crippen molar-refractivity contribution in [1.82, 2.24) is 9.80 Å². The van der Waals surface area contributed by atoms with Gasteiger partial charge in [0, 0.05) is 33.2 Å². The number of hydrogen-bond acceptors (Lipinski definition) is 1. The van der Waals surface area contributed by atoms with E-state index < -0.39 is 0 Å². The van der Waals surface area contributed by atoms with Crippen LogP contribution in [0.3, 0.4) is 0 Å². The van der Waals surface area contributed by atoms with Crippen LogP contribution >= 0.6 is 24.0 Å². The summed E-state index contributed by atoms with van der Waals surface area (Å²) in [6, 6.07) is 0. The Morgan fingerprint density at radius 1 is 0.857 bits per heavy atom. The van der Waals surface area contributed by atoms with Crippen molar-refractivity contribution in [3.05, 3.63) is 0 Å². The van der Waals surface area contributed by atoms with Crippen LogP contribution in [0.5, 0.6) is 0 Å². The predicted octanol–water partition coefficient (Wildman–Crippen LogP) is 1.78. The van der Waals surface area contributed by atoms with Crippen molar-refractivity contribution in [2.45, 2.75) is 25.7 Å². The summed E-state index contributed by atoms with van der Waals surface area (Å²) < 4.78 is 0. The number of nitrogens with zero attached hydrogens (tertiary/aromatic N) is 3. The monoisotopic (exact) mass is 309 g/mol. The van der Waals surface area contributed by atoms with Gasteiger partial charge in [0.2, 0.25) is 0 Å². The summed E-state index contributed by atoms with van der Waals surface area (Å²) in [5.41, 5.74) is 0. The normalized spacial score (nSPS) is 20.9. The Balaban J connectivity index is 0.000000980. The summed E-state index contributed by atoms with van der Waals surface area (Å²) in [6.07, 6.45) is 5.36. The van der Waals surface area contributed by atoms with Crippen molar-refractivity contribution >= 4 is 29.9 Å². The molecule has 2 saturated heterocycles. The molecule has 82 valence electrons. The van der Waals surface area contributed by atoms with E-state index in [9.17, 15) is 0 Å². The molecule has 0 bridgehead atoms. The zero-order valence-electron chi connectivity index (χ0n) is 8.91. The molecular weight excluding hydrogens is 289 g/mol. The van der Waals surface area contributed by atoms with Gasteiger partial charge >= 0.3 is 0 Å². The minimum Gasteiger partial charge on any atom is -0.343 e. The lowest BCUT2D eigenvalue weighted by molar-refractivity contribution is 0.394. The highest BCUT2D eigenvalue weighted by molar-refractivity contribution is 14.0. The van der Waals surface area contributed by atoms with E-state index in [1.54, 1.807) is 0 Å². The van der Waals surface area contributed by atoms with Gasteiger partial charge in [-0.2, -0.15) is 0 Å². The molecule has 0 aromatic heterocycles. The van der Waals surface area contributed by atoms with Crippen molar-refractivity contribution < 1.29 is 0 Å². The fourth-order valence-electron chi connectivity index (χ4n) is 2.32. The lowest BCUT2D eigenvalue weighted by atomic mass is 10.4. The van der Waals surface area contributed by atoms with E-state index in [4.69, 9.17) is 0 Å². The number of aliphatic imine (C=N–C) groups is 1. The topological polar surface area (TPSA) is 18.8 Å². The molecule has 2 aliphatic heterocycles. The smallest absolute Gasteiger partial charge is 0.196 e. The summed E-state index contributed by atoms with van der Waals surface area (Å²) in [4.78, 5) is 9.29. The number of likely N-dealkylation sites (tertiary alicyclic amines) is 2. The molecule has 0 aromatic carbocycles. The maximum Gasteiger partial charge on any atom is 0.196 e. The van der Waals surface area contributed by atoms with Crippen LogP contribution < -0.4 is 0 Å². The highest BCUT2D eigenvalue weighted by Gasteiger charge is 2.23. The molecule has 2 heterocycles. The molecule has 0 aliphatic carbocycles. The molecule has 0 N–H and O–H groups in total. The van der Waals surface area contributed by atoms with Crippen LogP contribution in [-0.2, 0) is 0 Å². The van der Waals surface area contributed by atoms with Crippen LogP contribution in [0, 0.1) is 0 Å². The number of halogens is 1.